The molecule has 6 nitrogen and oxygen atoms in total. The van der Waals surface area contributed by atoms with Crippen LogP contribution in [0.3, 0.4) is 0 Å². The monoisotopic (exact) mass is 404 g/mol. The van der Waals surface area contributed by atoms with Gasteiger partial charge in [-0.1, -0.05) is 0 Å². The van der Waals surface area contributed by atoms with Gasteiger partial charge in [0.15, 0.2) is 0 Å². The third-order valence-corrected chi connectivity index (χ3v) is 4.18. The molecule has 2 aromatic carbocycles. The number of fused-ring (bicyclic) bond motifs is 1. The van der Waals surface area contributed by atoms with Gasteiger partial charge in [0, 0.05) is 23.1 Å². The molecule has 0 spiro atoms. The quantitative estimate of drug-likeness (QED) is 0.527. The second kappa shape index (κ2) is 6.98. The van der Waals surface area contributed by atoms with Gasteiger partial charge in [0.2, 0.25) is 0 Å². The zero-order valence-corrected chi connectivity index (χ0v) is 14.7. The summed E-state index contributed by atoms with van der Waals surface area (Å²) in [5, 5.41) is 10.1. The molecule has 0 unspecified atom stereocenters. The molecular formula is C18H13BrO6. The minimum atomic E-state index is -0.587. The van der Waals surface area contributed by atoms with Crippen LogP contribution >= 0.6 is 15.9 Å². The lowest BCUT2D eigenvalue weighted by atomic mass is 10.1. The predicted molar refractivity (Wildman–Crippen MR) is 94.0 cm³/mol. The number of benzene rings is 2. The highest BCUT2D eigenvalue weighted by molar-refractivity contribution is 9.10. The van der Waals surface area contributed by atoms with Gasteiger partial charge in [-0.2, -0.15) is 0 Å². The molecule has 0 saturated heterocycles. The smallest absolute Gasteiger partial charge is 0.338 e. The highest BCUT2D eigenvalue weighted by Crippen LogP contribution is 2.26. The molecular weight excluding hydrogens is 392 g/mol. The summed E-state index contributed by atoms with van der Waals surface area (Å²) in [6.07, 6.45) is 0. The predicted octanol–water partition coefficient (Wildman–Crippen LogP) is 3.63. The molecule has 0 aliphatic carbocycles. The van der Waals surface area contributed by atoms with Crippen LogP contribution in [0.25, 0.3) is 11.0 Å². The maximum atomic E-state index is 12.2. The summed E-state index contributed by atoms with van der Waals surface area (Å²) in [6.45, 7) is -0.102. The van der Waals surface area contributed by atoms with E-state index in [1.54, 1.807) is 24.3 Å². The minimum absolute atomic E-state index is 0.0205. The molecule has 1 heterocycles. The second-order valence-corrected chi connectivity index (χ2v) is 6.05. The molecule has 0 saturated carbocycles. The van der Waals surface area contributed by atoms with Gasteiger partial charge in [0.05, 0.1) is 17.1 Å². The normalized spacial score (nSPS) is 10.6. The van der Waals surface area contributed by atoms with E-state index in [4.69, 9.17) is 13.9 Å². The number of aromatic hydroxyl groups is 1. The Labute approximate surface area is 150 Å². The van der Waals surface area contributed by atoms with Crippen molar-refractivity contribution in [2.24, 2.45) is 0 Å². The van der Waals surface area contributed by atoms with E-state index in [0.29, 0.717) is 26.7 Å². The molecule has 0 radical (unpaired) electrons. The molecule has 1 N–H and O–H groups in total. The Balaban J connectivity index is 1.84. The number of rotatable bonds is 4. The van der Waals surface area contributed by atoms with Crippen molar-refractivity contribution in [1.82, 2.24) is 0 Å². The van der Waals surface area contributed by atoms with Gasteiger partial charge in [-0.25, -0.2) is 9.59 Å². The topological polar surface area (TPSA) is 86.0 Å². The van der Waals surface area contributed by atoms with Crippen molar-refractivity contribution in [2.75, 3.05) is 7.11 Å². The zero-order chi connectivity index (χ0) is 18.0. The van der Waals surface area contributed by atoms with Crippen LogP contribution < -0.4 is 10.4 Å². The maximum absolute atomic E-state index is 12.2. The summed E-state index contributed by atoms with van der Waals surface area (Å²) >= 11 is 3.31. The van der Waals surface area contributed by atoms with Gasteiger partial charge in [-0.05, 0) is 46.3 Å². The van der Waals surface area contributed by atoms with Crippen LogP contribution in [-0.4, -0.2) is 18.2 Å². The standard InChI is InChI=1S/C18H13BrO6/c1-23-15-5-2-10(6-14(15)19)18(22)24-9-11-7-17(21)25-16-8-12(20)3-4-13(11)16/h2-8,20H,9H2,1H3. The van der Waals surface area contributed by atoms with E-state index in [-0.39, 0.29) is 17.9 Å². The van der Waals surface area contributed by atoms with E-state index >= 15 is 0 Å². The fourth-order valence-electron chi connectivity index (χ4n) is 2.36. The Morgan fingerprint density at radius 3 is 2.72 bits per heavy atom. The Kier molecular flexibility index (Phi) is 4.76. The Hall–Kier alpha value is -2.80. The third-order valence-electron chi connectivity index (χ3n) is 3.56. The lowest BCUT2D eigenvalue weighted by Gasteiger charge is -2.09. The lowest BCUT2D eigenvalue weighted by Crippen LogP contribution is -2.08. The molecule has 7 heteroatoms. The first-order chi connectivity index (χ1) is 12.0. The van der Waals surface area contributed by atoms with Gasteiger partial charge in [0.1, 0.15) is 23.7 Å². The first-order valence-electron chi connectivity index (χ1n) is 7.24. The van der Waals surface area contributed by atoms with Crippen LogP contribution in [0.4, 0.5) is 0 Å². The number of hydrogen-bond donors (Lipinski definition) is 1. The molecule has 3 rings (SSSR count). The summed E-state index contributed by atoms with van der Waals surface area (Å²) in [5.74, 6) is 0.0411. The number of carbonyl (C=O) groups is 1. The summed E-state index contributed by atoms with van der Waals surface area (Å²) in [7, 11) is 1.53. The SMILES string of the molecule is COc1ccc(C(=O)OCc2cc(=O)oc3cc(O)ccc23)cc1Br. The van der Waals surface area contributed by atoms with E-state index in [9.17, 15) is 14.7 Å². The van der Waals surface area contributed by atoms with E-state index in [1.165, 1.54) is 25.3 Å². The Morgan fingerprint density at radius 1 is 1.20 bits per heavy atom. The molecule has 0 fully saturated rings. The fourth-order valence-corrected chi connectivity index (χ4v) is 2.90. The van der Waals surface area contributed by atoms with Crippen molar-refractivity contribution in [3.8, 4) is 11.5 Å². The summed E-state index contributed by atoms with van der Waals surface area (Å²) in [6, 6.07) is 10.5. The highest BCUT2D eigenvalue weighted by Gasteiger charge is 2.13. The number of carbonyl (C=O) groups excluding carboxylic acids is 1. The van der Waals surface area contributed by atoms with E-state index < -0.39 is 11.6 Å². The van der Waals surface area contributed by atoms with Gasteiger partial charge < -0.3 is 19.0 Å². The van der Waals surface area contributed by atoms with E-state index in [0.717, 1.165) is 0 Å². The van der Waals surface area contributed by atoms with Crippen LogP contribution in [0.1, 0.15) is 15.9 Å². The van der Waals surface area contributed by atoms with Crippen molar-refractivity contribution >= 4 is 32.9 Å². The van der Waals surface area contributed by atoms with Gasteiger partial charge in [0.25, 0.3) is 0 Å². The summed E-state index contributed by atoms with van der Waals surface area (Å²) in [4.78, 5) is 23.9. The third kappa shape index (κ3) is 3.66. The van der Waals surface area contributed by atoms with Gasteiger partial charge >= 0.3 is 11.6 Å². The fraction of sp³-hybridized carbons (Fsp3) is 0.111. The molecule has 3 aromatic rings. The lowest BCUT2D eigenvalue weighted by molar-refractivity contribution is 0.0473. The first-order valence-corrected chi connectivity index (χ1v) is 8.03. The molecule has 0 atom stereocenters. The average Bonchev–Trinajstić information content (AvgIpc) is 2.58. The maximum Gasteiger partial charge on any atom is 0.338 e. The van der Waals surface area contributed by atoms with Crippen molar-refractivity contribution in [1.29, 1.82) is 0 Å². The largest absolute Gasteiger partial charge is 0.508 e. The van der Waals surface area contributed by atoms with E-state index in [2.05, 4.69) is 15.9 Å². The Bertz CT molecular complexity index is 1010. The number of phenols is 1. The van der Waals surface area contributed by atoms with Crippen molar-refractivity contribution in [2.45, 2.75) is 6.61 Å². The number of halogens is 1. The molecule has 0 aliphatic rings. The van der Waals surface area contributed by atoms with Crippen molar-refractivity contribution in [3.05, 3.63) is 68.5 Å². The number of esters is 1. The van der Waals surface area contributed by atoms with Crippen LogP contribution in [0.15, 0.2) is 56.1 Å². The Morgan fingerprint density at radius 2 is 2.00 bits per heavy atom. The number of phenolic OH excluding ortho intramolecular Hbond substituents is 1. The highest BCUT2D eigenvalue weighted by atomic mass is 79.9. The van der Waals surface area contributed by atoms with Crippen molar-refractivity contribution < 1.29 is 23.8 Å². The molecule has 0 amide bonds. The van der Waals surface area contributed by atoms with Crippen LogP contribution in [0.2, 0.25) is 0 Å². The summed E-state index contributed by atoms with van der Waals surface area (Å²) < 4.78 is 16.1. The second-order valence-electron chi connectivity index (χ2n) is 5.20. The molecule has 25 heavy (non-hydrogen) atoms. The van der Waals surface area contributed by atoms with Crippen LogP contribution in [0.5, 0.6) is 11.5 Å². The average molecular weight is 405 g/mol. The summed E-state index contributed by atoms with van der Waals surface area (Å²) in [5.41, 5.74) is 0.479. The van der Waals surface area contributed by atoms with Crippen molar-refractivity contribution in [3.63, 3.8) is 0 Å². The van der Waals surface area contributed by atoms with Gasteiger partial charge in [-0.15, -0.1) is 0 Å². The number of hydrogen-bond acceptors (Lipinski definition) is 6. The number of methoxy groups -OCH3 is 1. The van der Waals surface area contributed by atoms with Crippen LogP contribution in [-0.2, 0) is 11.3 Å². The van der Waals surface area contributed by atoms with E-state index in [1.807, 2.05) is 0 Å². The first kappa shape index (κ1) is 17.0. The molecule has 0 aliphatic heterocycles. The molecule has 128 valence electrons. The number of ether oxygens (including phenoxy) is 2. The molecule has 0 bridgehead atoms. The zero-order valence-electron chi connectivity index (χ0n) is 13.1. The van der Waals surface area contributed by atoms with Gasteiger partial charge in [-0.3, -0.25) is 0 Å². The van der Waals surface area contributed by atoms with Crippen LogP contribution in [0, 0.1) is 0 Å². The minimum Gasteiger partial charge on any atom is -0.508 e. The molecule has 1 aromatic heterocycles.